The number of hydrogen-bond donors (Lipinski definition) is 1. The Hall–Kier alpha value is -0.670. The van der Waals surface area contributed by atoms with Crippen LogP contribution >= 0.6 is 22.6 Å². The zero-order valence-corrected chi connectivity index (χ0v) is 16.9. The minimum Gasteiger partial charge on any atom is -0.385 e. The van der Waals surface area contributed by atoms with Gasteiger partial charge in [0.25, 0.3) is 0 Å². The maximum atomic E-state index is 11.8. The summed E-state index contributed by atoms with van der Waals surface area (Å²) in [5.74, 6) is 2.04. The zero-order valence-electron chi connectivity index (χ0n) is 14.7. The monoisotopic (exact) mass is 451 g/mol. The van der Waals surface area contributed by atoms with Crippen molar-refractivity contribution in [2.75, 3.05) is 0 Å². The summed E-state index contributed by atoms with van der Waals surface area (Å²) in [6.07, 6.45) is 10.1. The van der Waals surface area contributed by atoms with E-state index in [9.17, 15) is 15.2 Å². The molecule has 3 saturated carbocycles. The molecule has 3 fully saturated rings. The normalized spacial score (nSPS) is 49.1. The summed E-state index contributed by atoms with van der Waals surface area (Å²) in [5.41, 5.74) is 0.321. The van der Waals surface area contributed by atoms with Gasteiger partial charge in [0.15, 0.2) is 5.78 Å². The highest BCUT2D eigenvalue weighted by atomic mass is 127. The van der Waals surface area contributed by atoms with Crippen molar-refractivity contribution < 1.29 is 9.90 Å². The lowest BCUT2D eigenvalue weighted by molar-refractivity contribution is -0.118. The van der Waals surface area contributed by atoms with E-state index in [1.165, 1.54) is 5.57 Å². The molecule has 4 aliphatic rings. The summed E-state index contributed by atoms with van der Waals surface area (Å²) < 4.78 is 1.94. The number of fused-ring (bicyclic) bond motifs is 5. The van der Waals surface area contributed by atoms with Gasteiger partial charge in [0.1, 0.15) is 0 Å². The fourth-order valence-corrected chi connectivity index (χ4v) is 7.45. The van der Waals surface area contributed by atoms with Gasteiger partial charge in [0.2, 0.25) is 0 Å². The van der Waals surface area contributed by atoms with Crippen molar-refractivity contribution in [3.05, 3.63) is 21.8 Å². The molecule has 0 heterocycles. The fraction of sp³-hybridized carbons (Fsp3) is 0.714. The first kappa shape index (κ1) is 17.7. The zero-order chi connectivity index (χ0) is 17.8. The first-order valence-corrected chi connectivity index (χ1v) is 10.8. The van der Waals surface area contributed by atoms with E-state index >= 15 is 0 Å². The number of carbonyl (C=O) groups is 1. The summed E-state index contributed by atoms with van der Waals surface area (Å²) in [6.45, 7) is 2.22. The largest absolute Gasteiger partial charge is 0.385 e. The van der Waals surface area contributed by atoms with Crippen LogP contribution in [0.25, 0.3) is 0 Å². The summed E-state index contributed by atoms with van der Waals surface area (Å²) in [5, 5.41) is 21.3. The van der Waals surface area contributed by atoms with Crippen LogP contribution in [0.15, 0.2) is 21.8 Å². The quantitative estimate of drug-likeness (QED) is 0.595. The number of halogens is 1. The van der Waals surface area contributed by atoms with Gasteiger partial charge in [0.05, 0.1) is 17.6 Å². The van der Waals surface area contributed by atoms with Crippen LogP contribution in [0.2, 0.25) is 0 Å². The van der Waals surface area contributed by atoms with Crippen LogP contribution in [0, 0.1) is 46.3 Å². The number of rotatable bonds is 1. The number of ketones is 1. The molecular weight excluding hydrogens is 425 g/mol. The second kappa shape index (κ2) is 6.20. The summed E-state index contributed by atoms with van der Waals surface area (Å²) >= 11 is 2.19. The third-order valence-corrected chi connectivity index (χ3v) is 8.38. The number of aliphatic hydroxyl groups is 1. The maximum absolute atomic E-state index is 11.8. The standard InChI is InChI=1S/C21H26INO2/c1-20-11-14(12-23)19-16-5-3-15(24)10-13(16)2-4-17(19)18(20)6-7-21(20,25)8-9-22/h8-10,14,16-19,25H,2-7,11H2,1H3/b9-8+/t14-,16?,17?,18?,19?,20+,21-/m1/s1. The molecule has 7 atom stereocenters. The van der Waals surface area contributed by atoms with Crippen LogP contribution in [-0.2, 0) is 4.79 Å². The van der Waals surface area contributed by atoms with Crippen molar-refractivity contribution in [3.63, 3.8) is 0 Å². The van der Waals surface area contributed by atoms with Crippen LogP contribution in [0.1, 0.15) is 51.9 Å². The molecule has 1 N–H and O–H groups in total. The molecule has 25 heavy (non-hydrogen) atoms. The van der Waals surface area contributed by atoms with Crippen LogP contribution in [0.5, 0.6) is 0 Å². The Morgan fingerprint density at radius 3 is 2.88 bits per heavy atom. The molecule has 0 aromatic rings. The first-order valence-electron chi connectivity index (χ1n) is 9.57. The molecule has 0 amide bonds. The lowest BCUT2D eigenvalue weighted by Crippen LogP contribution is -2.55. The highest BCUT2D eigenvalue weighted by Gasteiger charge is 2.63. The van der Waals surface area contributed by atoms with E-state index in [1.807, 2.05) is 16.2 Å². The molecule has 4 unspecified atom stereocenters. The van der Waals surface area contributed by atoms with Crippen LogP contribution in [0.3, 0.4) is 0 Å². The highest BCUT2D eigenvalue weighted by molar-refractivity contribution is 14.1. The average Bonchev–Trinajstić information content (AvgIpc) is 2.85. The van der Waals surface area contributed by atoms with Crippen LogP contribution < -0.4 is 0 Å². The Balaban J connectivity index is 1.73. The molecule has 0 radical (unpaired) electrons. The van der Waals surface area contributed by atoms with Gasteiger partial charge < -0.3 is 5.11 Å². The van der Waals surface area contributed by atoms with Crippen molar-refractivity contribution in [1.82, 2.24) is 0 Å². The van der Waals surface area contributed by atoms with Gasteiger partial charge in [-0.25, -0.2) is 0 Å². The average molecular weight is 451 g/mol. The SMILES string of the molecule is C[C@]12C[C@H](C#N)C3C4CCC(=O)C=C4CCC3C1CC[C@@]2(O)/C=C/I. The molecule has 4 rings (SSSR count). The predicted molar refractivity (Wildman–Crippen MR) is 105 cm³/mol. The Labute approximate surface area is 163 Å². The van der Waals surface area contributed by atoms with E-state index < -0.39 is 5.60 Å². The van der Waals surface area contributed by atoms with E-state index in [1.54, 1.807) is 0 Å². The Kier molecular flexibility index (Phi) is 4.39. The second-order valence-electron chi connectivity index (χ2n) is 8.83. The number of hydrogen-bond acceptors (Lipinski definition) is 3. The van der Waals surface area contributed by atoms with Crippen LogP contribution in [-0.4, -0.2) is 16.5 Å². The lowest BCUT2D eigenvalue weighted by atomic mass is 9.47. The minimum absolute atomic E-state index is 0.0135. The van der Waals surface area contributed by atoms with Crippen LogP contribution in [0.4, 0.5) is 0 Å². The van der Waals surface area contributed by atoms with Crippen molar-refractivity contribution >= 4 is 28.4 Å². The Morgan fingerprint density at radius 2 is 2.16 bits per heavy atom. The number of nitriles is 1. The summed E-state index contributed by atoms with van der Waals surface area (Å²) in [4.78, 5) is 11.8. The van der Waals surface area contributed by atoms with Gasteiger partial charge >= 0.3 is 0 Å². The number of allylic oxidation sites excluding steroid dienone is 1. The summed E-state index contributed by atoms with van der Waals surface area (Å²) in [6, 6.07) is 2.62. The fourth-order valence-electron chi connectivity index (χ4n) is 6.86. The smallest absolute Gasteiger partial charge is 0.155 e. The molecule has 4 aliphatic carbocycles. The van der Waals surface area contributed by atoms with Crippen molar-refractivity contribution in [1.29, 1.82) is 5.26 Å². The van der Waals surface area contributed by atoms with Gasteiger partial charge in [-0.3, -0.25) is 4.79 Å². The molecular formula is C21H26INO2. The molecule has 0 bridgehead atoms. The maximum Gasteiger partial charge on any atom is 0.155 e. The third kappa shape index (κ3) is 2.49. The molecule has 0 aromatic heterocycles. The van der Waals surface area contributed by atoms with Crippen molar-refractivity contribution in [2.24, 2.45) is 35.0 Å². The van der Waals surface area contributed by atoms with Gasteiger partial charge in [-0.15, -0.1) is 0 Å². The summed E-state index contributed by atoms with van der Waals surface area (Å²) in [7, 11) is 0. The van der Waals surface area contributed by atoms with E-state index in [-0.39, 0.29) is 17.1 Å². The molecule has 0 saturated heterocycles. The lowest BCUT2D eigenvalue weighted by Gasteiger charge is -2.56. The topological polar surface area (TPSA) is 61.1 Å². The van der Waals surface area contributed by atoms with Gasteiger partial charge in [-0.05, 0) is 78.4 Å². The number of nitrogens with zero attached hydrogens (tertiary/aromatic N) is 1. The first-order chi connectivity index (χ1) is 11.9. The van der Waals surface area contributed by atoms with E-state index in [0.717, 1.165) is 38.5 Å². The molecule has 3 nitrogen and oxygen atoms in total. The van der Waals surface area contributed by atoms with E-state index in [2.05, 4.69) is 35.6 Å². The van der Waals surface area contributed by atoms with Gasteiger partial charge in [-0.2, -0.15) is 5.26 Å². The van der Waals surface area contributed by atoms with E-state index in [4.69, 9.17) is 0 Å². The molecule has 134 valence electrons. The van der Waals surface area contributed by atoms with Gasteiger partial charge in [-0.1, -0.05) is 35.1 Å². The van der Waals surface area contributed by atoms with Crippen molar-refractivity contribution in [2.45, 2.75) is 57.5 Å². The molecule has 0 aliphatic heterocycles. The second-order valence-corrected chi connectivity index (χ2v) is 9.55. The Morgan fingerprint density at radius 1 is 1.36 bits per heavy atom. The van der Waals surface area contributed by atoms with Crippen molar-refractivity contribution in [3.8, 4) is 6.07 Å². The highest BCUT2D eigenvalue weighted by Crippen LogP contribution is 2.66. The Bertz CT molecular complexity index is 692. The third-order valence-electron chi connectivity index (χ3n) is 8.02. The number of carbonyl (C=O) groups excluding carboxylic acids is 1. The molecule has 0 spiro atoms. The molecule has 4 heteroatoms. The minimum atomic E-state index is -0.780. The predicted octanol–water partition coefficient (Wildman–Crippen LogP) is 4.56. The van der Waals surface area contributed by atoms with Gasteiger partial charge in [0, 0.05) is 11.8 Å². The molecule has 0 aromatic carbocycles. The van der Waals surface area contributed by atoms with E-state index in [0.29, 0.717) is 30.1 Å².